The number of hydrogen-bond donors (Lipinski definition) is 2. The van der Waals surface area contributed by atoms with Crippen molar-refractivity contribution < 1.29 is 9.53 Å². The van der Waals surface area contributed by atoms with Gasteiger partial charge in [0.05, 0.1) is 6.61 Å². The molecule has 0 aliphatic heterocycles. The van der Waals surface area contributed by atoms with E-state index in [1.165, 1.54) is 0 Å². The van der Waals surface area contributed by atoms with Crippen molar-refractivity contribution in [3.63, 3.8) is 0 Å². The number of carbonyl (C=O) groups excluding carboxylic acids is 1. The number of anilines is 1. The lowest BCUT2D eigenvalue weighted by molar-refractivity contribution is 0.0871. The smallest absolute Gasteiger partial charge is 0.251 e. The second-order valence-electron chi connectivity index (χ2n) is 4.11. The first-order chi connectivity index (χ1) is 8.04. The van der Waals surface area contributed by atoms with Gasteiger partial charge in [0.1, 0.15) is 0 Å². The molecule has 0 saturated heterocycles. The van der Waals surface area contributed by atoms with Gasteiger partial charge < -0.3 is 15.8 Å². The quantitative estimate of drug-likeness (QED) is 0.765. The van der Waals surface area contributed by atoms with Crippen LogP contribution in [0.1, 0.15) is 29.8 Å². The van der Waals surface area contributed by atoms with Crippen LogP contribution in [0.5, 0.6) is 0 Å². The maximum Gasteiger partial charge on any atom is 0.251 e. The molecule has 1 aromatic carbocycles. The van der Waals surface area contributed by atoms with Crippen molar-refractivity contribution in [1.82, 2.24) is 5.32 Å². The van der Waals surface area contributed by atoms with Gasteiger partial charge in [-0.25, -0.2) is 0 Å². The van der Waals surface area contributed by atoms with E-state index in [1.807, 2.05) is 26.8 Å². The molecule has 0 fully saturated rings. The maximum atomic E-state index is 12.0. The van der Waals surface area contributed by atoms with Gasteiger partial charge in [-0.05, 0) is 38.5 Å². The highest BCUT2D eigenvalue weighted by Crippen LogP contribution is 2.12. The van der Waals surface area contributed by atoms with Gasteiger partial charge in [0.15, 0.2) is 0 Å². The molecule has 0 aromatic heterocycles. The number of nitrogen functional groups attached to an aromatic ring is 1. The molecule has 0 aliphatic carbocycles. The average molecular weight is 236 g/mol. The van der Waals surface area contributed by atoms with Crippen LogP contribution in [0.3, 0.4) is 0 Å². The fraction of sp³-hybridized carbons (Fsp3) is 0.462. The van der Waals surface area contributed by atoms with Crippen LogP contribution in [0.4, 0.5) is 5.69 Å². The van der Waals surface area contributed by atoms with Crippen molar-refractivity contribution in [2.24, 2.45) is 0 Å². The van der Waals surface area contributed by atoms with E-state index in [4.69, 9.17) is 10.5 Å². The average Bonchev–Trinajstić information content (AvgIpc) is 2.29. The van der Waals surface area contributed by atoms with Crippen LogP contribution in [0, 0.1) is 6.92 Å². The fourth-order valence-corrected chi connectivity index (χ4v) is 1.52. The number of aryl methyl sites for hydroxylation is 1. The molecule has 0 saturated carbocycles. The van der Waals surface area contributed by atoms with Crippen LogP contribution in [-0.2, 0) is 4.74 Å². The van der Waals surface area contributed by atoms with Crippen LogP contribution in [0.25, 0.3) is 0 Å². The van der Waals surface area contributed by atoms with Crippen LogP contribution in [0.2, 0.25) is 0 Å². The molecular formula is C13H20N2O2. The number of nitrogens with two attached hydrogens (primary N) is 1. The molecule has 1 unspecified atom stereocenters. The van der Waals surface area contributed by atoms with Gasteiger partial charge in [-0.3, -0.25) is 4.79 Å². The lowest BCUT2D eigenvalue weighted by Crippen LogP contribution is -2.36. The Hall–Kier alpha value is -1.55. The molecule has 1 rings (SSSR count). The maximum absolute atomic E-state index is 12.0. The molecule has 4 nitrogen and oxygen atoms in total. The SMILES string of the molecule is CCOCC(C)NC(=O)c1cc(N)ccc1C. The van der Waals surface area contributed by atoms with Crippen LogP contribution >= 0.6 is 0 Å². The van der Waals surface area contributed by atoms with Crippen molar-refractivity contribution in [3.8, 4) is 0 Å². The predicted molar refractivity (Wildman–Crippen MR) is 69.0 cm³/mol. The number of carbonyl (C=O) groups is 1. The Morgan fingerprint density at radius 2 is 2.24 bits per heavy atom. The zero-order valence-electron chi connectivity index (χ0n) is 10.6. The zero-order chi connectivity index (χ0) is 12.8. The van der Waals surface area contributed by atoms with Gasteiger partial charge in [0.2, 0.25) is 0 Å². The molecule has 17 heavy (non-hydrogen) atoms. The van der Waals surface area contributed by atoms with Crippen LogP contribution in [-0.4, -0.2) is 25.2 Å². The summed E-state index contributed by atoms with van der Waals surface area (Å²) in [5.41, 5.74) is 7.80. The highest BCUT2D eigenvalue weighted by molar-refractivity contribution is 5.96. The summed E-state index contributed by atoms with van der Waals surface area (Å²) in [4.78, 5) is 12.0. The van der Waals surface area contributed by atoms with Crippen LogP contribution < -0.4 is 11.1 Å². The van der Waals surface area contributed by atoms with Gasteiger partial charge in [0.25, 0.3) is 5.91 Å². The van der Waals surface area contributed by atoms with Crippen molar-refractivity contribution in [2.45, 2.75) is 26.8 Å². The molecule has 0 spiro atoms. The van der Waals surface area contributed by atoms with E-state index in [0.717, 1.165) is 5.56 Å². The number of hydrogen-bond acceptors (Lipinski definition) is 3. The molecule has 1 aromatic rings. The molecule has 1 atom stereocenters. The van der Waals surface area contributed by atoms with E-state index in [0.29, 0.717) is 24.5 Å². The Morgan fingerprint density at radius 3 is 2.88 bits per heavy atom. The van der Waals surface area contributed by atoms with Gasteiger partial charge in [-0.1, -0.05) is 6.07 Å². The lowest BCUT2D eigenvalue weighted by Gasteiger charge is -2.14. The van der Waals surface area contributed by atoms with Crippen molar-refractivity contribution in [1.29, 1.82) is 0 Å². The summed E-state index contributed by atoms with van der Waals surface area (Å²) in [6.07, 6.45) is 0. The summed E-state index contributed by atoms with van der Waals surface area (Å²) in [6, 6.07) is 5.31. The second kappa shape index (κ2) is 6.25. The molecule has 0 aliphatic rings. The minimum atomic E-state index is -0.109. The highest BCUT2D eigenvalue weighted by atomic mass is 16.5. The molecule has 0 heterocycles. The Morgan fingerprint density at radius 1 is 1.53 bits per heavy atom. The highest BCUT2D eigenvalue weighted by Gasteiger charge is 2.12. The summed E-state index contributed by atoms with van der Waals surface area (Å²) in [5.74, 6) is -0.109. The number of ether oxygens (including phenoxy) is 1. The van der Waals surface area contributed by atoms with E-state index in [9.17, 15) is 4.79 Å². The number of rotatable bonds is 5. The minimum Gasteiger partial charge on any atom is -0.399 e. The molecule has 1 amide bonds. The zero-order valence-corrected chi connectivity index (χ0v) is 10.6. The lowest BCUT2D eigenvalue weighted by atomic mass is 10.1. The normalized spacial score (nSPS) is 12.2. The van der Waals surface area contributed by atoms with E-state index in [1.54, 1.807) is 12.1 Å². The molecular weight excluding hydrogens is 216 g/mol. The van der Waals surface area contributed by atoms with Gasteiger partial charge >= 0.3 is 0 Å². The van der Waals surface area contributed by atoms with Gasteiger partial charge in [-0.2, -0.15) is 0 Å². The van der Waals surface area contributed by atoms with E-state index >= 15 is 0 Å². The fourth-order valence-electron chi connectivity index (χ4n) is 1.52. The van der Waals surface area contributed by atoms with Gasteiger partial charge in [-0.15, -0.1) is 0 Å². The standard InChI is InChI=1S/C13H20N2O2/c1-4-17-8-10(3)15-13(16)12-7-11(14)6-5-9(12)2/h5-7,10H,4,8,14H2,1-3H3,(H,15,16). The molecule has 94 valence electrons. The number of benzene rings is 1. The summed E-state index contributed by atoms with van der Waals surface area (Å²) in [7, 11) is 0. The van der Waals surface area contributed by atoms with Gasteiger partial charge in [0, 0.05) is 23.9 Å². The van der Waals surface area contributed by atoms with E-state index in [2.05, 4.69) is 5.32 Å². The number of nitrogens with one attached hydrogen (secondary N) is 1. The first kappa shape index (κ1) is 13.5. The Balaban J connectivity index is 2.66. The van der Waals surface area contributed by atoms with Crippen molar-refractivity contribution in [3.05, 3.63) is 29.3 Å². The van der Waals surface area contributed by atoms with E-state index in [-0.39, 0.29) is 11.9 Å². The first-order valence-corrected chi connectivity index (χ1v) is 5.79. The molecule has 3 N–H and O–H groups in total. The predicted octanol–water partition coefficient (Wildman–Crippen LogP) is 1.73. The Labute approximate surface area is 102 Å². The molecule has 0 radical (unpaired) electrons. The third-order valence-electron chi connectivity index (χ3n) is 2.46. The first-order valence-electron chi connectivity index (χ1n) is 5.79. The second-order valence-corrected chi connectivity index (χ2v) is 4.11. The summed E-state index contributed by atoms with van der Waals surface area (Å²) < 4.78 is 5.25. The summed E-state index contributed by atoms with van der Waals surface area (Å²) in [6.45, 7) is 6.90. The minimum absolute atomic E-state index is 0.0109. The largest absolute Gasteiger partial charge is 0.399 e. The molecule has 0 bridgehead atoms. The summed E-state index contributed by atoms with van der Waals surface area (Å²) in [5, 5.41) is 2.88. The molecule has 4 heteroatoms. The topological polar surface area (TPSA) is 64.3 Å². The third kappa shape index (κ3) is 4.07. The van der Waals surface area contributed by atoms with E-state index < -0.39 is 0 Å². The monoisotopic (exact) mass is 236 g/mol. The Kier molecular flexibility index (Phi) is 4.97. The summed E-state index contributed by atoms with van der Waals surface area (Å²) >= 11 is 0. The van der Waals surface area contributed by atoms with Crippen LogP contribution in [0.15, 0.2) is 18.2 Å². The number of amides is 1. The third-order valence-corrected chi connectivity index (χ3v) is 2.46. The Bertz CT molecular complexity index is 391. The van der Waals surface area contributed by atoms with Crippen molar-refractivity contribution >= 4 is 11.6 Å². The van der Waals surface area contributed by atoms with Crippen molar-refractivity contribution in [2.75, 3.05) is 18.9 Å².